The van der Waals surface area contributed by atoms with Gasteiger partial charge >= 0.3 is 5.97 Å². The lowest BCUT2D eigenvalue weighted by Crippen LogP contribution is -2.17. The molecule has 112 valence electrons. The van der Waals surface area contributed by atoms with Gasteiger partial charge in [-0.2, -0.15) is 0 Å². The Balaban J connectivity index is 2.18. The Morgan fingerprint density at radius 2 is 2.10 bits per heavy atom. The van der Waals surface area contributed by atoms with Gasteiger partial charge < -0.3 is 9.63 Å². The number of aliphatic carboxylic acids is 1. The fraction of sp³-hybridized carbons (Fsp3) is 0.231. The number of hydrogen-bond acceptors (Lipinski definition) is 5. The minimum Gasteiger partial charge on any atom is -0.481 e. The Morgan fingerprint density at radius 1 is 1.38 bits per heavy atom. The molecule has 0 amide bonds. The molecule has 2 rings (SSSR count). The molecule has 7 nitrogen and oxygen atoms in total. The van der Waals surface area contributed by atoms with Gasteiger partial charge in [-0.15, -0.1) is 0 Å². The van der Waals surface area contributed by atoms with E-state index >= 15 is 0 Å². The lowest BCUT2D eigenvalue weighted by Gasteiger charge is -2.10. The largest absolute Gasteiger partial charge is 0.481 e. The number of nitrogens with one attached hydrogen (secondary N) is 1. The number of sulfonamides is 1. The van der Waals surface area contributed by atoms with E-state index in [-0.39, 0.29) is 23.6 Å². The number of rotatable bonds is 6. The van der Waals surface area contributed by atoms with Crippen LogP contribution < -0.4 is 4.72 Å². The highest BCUT2D eigenvalue weighted by Gasteiger charge is 2.17. The maximum atomic E-state index is 12.1. The molecule has 2 N–H and O–H groups in total. The number of carbonyl (C=O) groups is 1. The normalized spacial score (nSPS) is 11.3. The molecule has 0 fully saturated rings. The molecule has 0 atom stereocenters. The van der Waals surface area contributed by atoms with Crippen LogP contribution >= 0.6 is 0 Å². The monoisotopic (exact) mass is 310 g/mol. The summed E-state index contributed by atoms with van der Waals surface area (Å²) in [6.07, 6.45) is -0.262. The van der Waals surface area contributed by atoms with Crippen molar-refractivity contribution in [2.75, 3.05) is 4.72 Å². The minimum absolute atomic E-state index is 0.250. The van der Waals surface area contributed by atoms with Gasteiger partial charge in [-0.25, -0.2) is 8.42 Å². The van der Waals surface area contributed by atoms with Crippen LogP contribution in [-0.2, 0) is 27.0 Å². The molecule has 8 heteroatoms. The summed E-state index contributed by atoms with van der Waals surface area (Å²) in [5.74, 6) is -0.855. The smallest absolute Gasteiger partial charge is 0.307 e. The number of para-hydroxylation sites is 1. The van der Waals surface area contributed by atoms with Crippen molar-refractivity contribution in [1.29, 1.82) is 0 Å². The predicted octanol–water partition coefficient (Wildman–Crippen LogP) is 1.55. The molecule has 1 heterocycles. The van der Waals surface area contributed by atoms with Gasteiger partial charge in [0.05, 0.1) is 12.1 Å². The van der Waals surface area contributed by atoms with Crippen molar-refractivity contribution in [1.82, 2.24) is 5.16 Å². The van der Waals surface area contributed by atoms with E-state index in [1.54, 1.807) is 25.1 Å². The number of benzene rings is 1. The lowest BCUT2D eigenvalue weighted by atomic mass is 10.1. The zero-order valence-electron chi connectivity index (χ0n) is 11.2. The number of hydrogen-bond donors (Lipinski definition) is 2. The molecule has 2 aromatic rings. The molecule has 1 aromatic carbocycles. The Kier molecular flexibility index (Phi) is 4.27. The third-order valence-electron chi connectivity index (χ3n) is 2.64. The van der Waals surface area contributed by atoms with Crippen molar-refractivity contribution in [2.24, 2.45) is 0 Å². The fourth-order valence-corrected chi connectivity index (χ4v) is 2.95. The van der Waals surface area contributed by atoms with E-state index in [2.05, 4.69) is 9.88 Å². The van der Waals surface area contributed by atoms with Crippen molar-refractivity contribution in [2.45, 2.75) is 19.1 Å². The second kappa shape index (κ2) is 5.96. The Hall–Kier alpha value is -2.35. The van der Waals surface area contributed by atoms with Crippen molar-refractivity contribution in [3.05, 3.63) is 47.3 Å². The maximum Gasteiger partial charge on any atom is 0.307 e. The summed E-state index contributed by atoms with van der Waals surface area (Å²) in [5.41, 5.74) is 0.931. The molecule has 0 bridgehead atoms. The first-order valence-corrected chi connectivity index (χ1v) is 7.73. The quantitative estimate of drug-likeness (QED) is 0.837. The lowest BCUT2D eigenvalue weighted by molar-refractivity contribution is -0.136. The number of carboxylic acids is 1. The first-order valence-electron chi connectivity index (χ1n) is 6.08. The summed E-state index contributed by atoms with van der Waals surface area (Å²) in [7, 11) is -3.70. The minimum atomic E-state index is -3.70. The van der Waals surface area contributed by atoms with E-state index in [0.717, 1.165) is 0 Å². The van der Waals surface area contributed by atoms with Crippen molar-refractivity contribution in [3.63, 3.8) is 0 Å². The van der Waals surface area contributed by atoms with Gasteiger partial charge in [-0.1, -0.05) is 23.4 Å². The Morgan fingerprint density at radius 3 is 2.71 bits per heavy atom. The molecule has 21 heavy (non-hydrogen) atoms. The van der Waals surface area contributed by atoms with E-state index in [1.165, 1.54) is 12.1 Å². The molecule has 0 radical (unpaired) electrons. The fourth-order valence-electron chi connectivity index (χ4n) is 1.82. The first kappa shape index (κ1) is 15.0. The average Bonchev–Trinajstić information content (AvgIpc) is 2.75. The zero-order valence-corrected chi connectivity index (χ0v) is 12.1. The molecule has 0 unspecified atom stereocenters. The van der Waals surface area contributed by atoms with E-state index in [9.17, 15) is 13.2 Å². The molecule has 0 saturated heterocycles. The SMILES string of the molecule is Cc1cc(CS(=O)(=O)Nc2ccccc2CC(=O)O)no1. The highest BCUT2D eigenvalue weighted by molar-refractivity contribution is 7.91. The van der Waals surface area contributed by atoms with Gasteiger partial charge in [0, 0.05) is 6.07 Å². The standard InChI is InChI=1S/C13H14N2O5S/c1-9-6-11(14-20-9)8-21(18,19)15-12-5-3-2-4-10(12)7-13(16)17/h2-6,15H,7-8H2,1H3,(H,16,17). The summed E-state index contributed by atoms with van der Waals surface area (Å²) in [6, 6.07) is 7.89. The van der Waals surface area contributed by atoms with Crippen LogP contribution in [0.15, 0.2) is 34.9 Å². The number of aromatic nitrogens is 1. The molecule has 0 aliphatic carbocycles. The average molecular weight is 310 g/mol. The Bertz CT molecular complexity index is 751. The highest BCUT2D eigenvalue weighted by Crippen LogP contribution is 2.18. The van der Waals surface area contributed by atoms with Crippen LogP contribution in [0.25, 0.3) is 0 Å². The summed E-state index contributed by atoms with van der Waals surface area (Å²) >= 11 is 0. The Labute approximate surface area is 121 Å². The van der Waals surface area contributed by atoms with Crippen LogP contribution in [0.4, 0.5) is 5.69 Å². The number of carboxylic acid groups (broad SMARTS) is 1. The molecule has 0 spiro atoms. The zero-order chi connectivity index (χ0) is 15.5. The molecule has 1 aromatic heterocycles. The van der Waals surface area contributed by atoms with Gasteiger partial charge in [-0.3, -0.25) is 9.52 Å². The van der Waals surface area contributed by atoms with E-state index in [4.69, 9.17) is 9.63 Å². The van der Waals surface area contributed by atoms with Gasteiger partial charge in [0.1, 0.15) is 17.2 Å². The molecule has 0 aliphatic rings. The van der Waals surface area contributed by atoms with Gasteiger partial charge in [-0.05, 0) is 18.6 Å². The van der Waals surface area contributed by atoms with Crippen LogP contribution in [0.2, 0.25) is 0 Å². The molecular formula is C13H14N2O5S. The first-order chi connectivity index (χ1) is 9.85. The van der Waals surface area contributed by atoms with Crippen LogP contribution in [0, 0.1) is 6.92 Å². The third-order valence-corrected chi connectivity index (χ3v) is 3.85. The van der Waals surface area contributed by atoms with Crippen LogP contribution in [0.5, 0.6) is 0 Å². The second-order valence-electron chi connectivity index (χ2n) is 4.52. The van der Waals surface area contributed by atoms with Gasteiger partial charge in [0.25, 0.3) is 0 Å². The number of nitrogens with zero attached hydrogens (tertiary/aromatic N) is 1. The predicted molar refractivity (Wildman–Crippen MR) is 75.3 cm³/mol. The number of anilines is 1. The molecule has 0 aliphatic heterocycles. The third kappa shape index (κ3) is 4.32. The molecular weight excluding hydrogens is 296 g/mol. The highest BCUT2D eigenvalue weighted by atomic mass is 32.2. The second-order valence-corrected chi connectivity index (χ2v) is 6.24. The summed E-state index contributed by atoms with van der Waals surface area (Å²) in [5, 5.41) is 12.5. The van der Waals surface area contributed by atoms with Gasteiger partial charge in [0.15, 0.2) is 0 Å². The van der Waals surface area contributed by atoms with Crippen molar-refractivity contribution >= 4 is 21.7 Å². The number of aryl methyl sites for hydroxylation is 1. The van der Waals surface area contributed by atoms with Crippen LogP contribution in [0.1, 0.15) is 17.0 Å². The summed E-state index contributed by atoms with van der Waals surface area (Å²) < 4.78 is 31.3. The van der Waals surface area contributed by atoms with Crippen molar-refractivity contribution < 1.29 is 22.8 Å². The maximum absolute atomic E-state index is 12.1. The van der Waals surface area contributed by atoms with E-state index in [0.29, 0.717) is 11.3 Å². The van der Waals surface area contributed by atoms with E-state index < -0.39 is 16.0 Å². The van der Waals surface area contributed by atoms with Crippen LogP contribution in [-0.4, -0.2) is 24.7 Å². The topological polar surface area (TPSA) is 110 Å². The van der Waals surface area contributed by atoms with Gasteiger partial charge in [0.2, 0.25) is 10.0 Å². The van der Waals surface area contributed by atoms with Crippen molar-refractivity contribution in [3.8, 4) is 0 Å². The summed E-state index contributed by atoms with van der Waals surface area (Å²) in [4.78, 5) is 10.8. The molecule has 0 saturated carbocycles. The van der Waals surface area contributed by atoms with Crippen LogP contribution in [0.3, 0.4) is 0 Å². The van der Waals surface area contributed by atoms with E-state index in [1.807, 2.05) is 0 Å². The summed E-state index contributed by atoms with van der Waals surface area (Å²) in [6.45, 7) is 1.67.